The molecule has 0 atom stereocenters. The number of aromatic amines is 1. The smallest absolute Gasteiger partial charge is 0.272 e. The van der Waals surface area contributed by atoms with Gasteiger partial charge in [-0.25, -0.2) is 5.43 Å². The van der Waals surface area contributed by atoms with Gasteiger partial charge in [0.05, 0.1) is 11.9 Å². The summed E-state index contributed by atoms with van der Waals surface area (Å²) in [4.78, 5) is 13.1. The van der Waals surface area contributed by atoms with Crippen LogP contribution in [0.25, 0.3) is 11.3 Å². The predicted octanol–water partition coefficient (Wildman–Crippen LogP) is 4.10. The molecule has 6 heteroatoms. The van der Waals surface area contributed by atoms with Crippen LogP contribution in [0.5, 0.6) is 0 Å². The number of carbonyl (C=O) groups excluding carboxylic acids is 1. The molecule has 0 fully saturated rings. The van der Waals surface area contributed by atoms with Gasteiger partial charge < -0.3 is 0 Å². The van der Waals surface area contributed by atoms with E-state index in [1.54, 1.807) is 23.6 Å². The maximum Gasteiger partial charge on any atom is 0.289 e. The molecule has 0 aliphatic carbocycles. The third-order valence-corrected chi connectivity index (χ3v) is 4.42. The van der Waals surface area contributed by atoms with Crippen molar-refractivity contribution in [3.8, 4) is 11.3 Å². The standard InChI is InChI=1S/C19H20N4OS/c1-13(2)10-14-5-7-15(8-6-14)17-11-18(22-21-17)19(24)23-20-12-16-4-3-9-25-16/h3-9,11-13H,10H2,1-2H3,(H,21,22)(H,23,24)/b20-12-. The monoisotopic (exact) mass is 352 g/mol. The number of carbonyl (C=O) groups is 1. The fourth-order valence-corrected chi connectivity index (χ4v) is 3.03. The summed E-state index contributed by atoms with van der Waals surface area (Å²) < 4.78 is 0. The van der Waals surface area contributed by atoms with E-state index in [1.807, 2.05) is 29.6 Å². The Morgan fingerprint density at radius 2 is 2.12 bits per heavy atom. The molecule has 128 valence electrons. The van der Waals surface area contributed by atoms with E-state index in [0.29, 0.717) is 11.6 Å². The van der Waals surface area contributed by atoms with Gasteiger partial charge in [-0.15, -0.1) is 11.3 Å². The molecule has 25 heavy (non-hydrogen) atoms. The highest BCUT2D eigenvalue weighted by molar-refractivity contribution is 7.11. The summed E-state index contributed by atoms with van der Waals surface area (Å²) >= 11 is 1.56. The molecular formula is C19H20N4OS. The quantitative estimate of drug-likeness (QED) is 0.518. The van der Waals surface area contributed by atoms with Crippen LogP contribution in [-0.2, 0) is 6.42 Å². The number of benzene rings is 1. The second-order valence-electron chi connectivity index (χ2n) is 6.18. The molecule has 3 aromatic rings. The number of rotatable bonds is 6. The molecule has 0 saturated heterocycles. The molecule has 0 spiro atoms. The number of hydrazone groups is 1. The topological polar surface area (TPSA) is 70.1 Å². The lowest BCUT2D eigenvalue weighted by atomic mass is 10.0. The minimum absolute atomic E-state index is 0.317. The van der Waals surface area contributed by atoms with Gasteiger partial charge in [-0.3, -0.25) is 9.89 Å². The summed E-state index contributed by atoms with van der Waals surface area (Å²) in [5.74, 6) is 0.309. The summed E-state index contributed by atoms with van der Waals surface area (Å²) in [6, 6.07) is 13.9. The molecule has 0 aliphatic heterocycles. The van der Waals surface area contributed by atoms with Crippen LogP contribution >= 0.6 is 11.3 Å². The zero-order valence-corrected chi connectivity index (χ0v) is 15.0. The fourth-order valence-electron chi connectivity index (χ4n) is 2.45. The van der Waals surface area contributed by atoms with Gasteiger partial charge in [0.15, 0.2) is 0 Å². The van der Waals surface area contributed by atoms with Gasteiger partial charge in [-0.2, -0.15) is 10.2 Å². The highest BCUT2D eigenvalue weighted by atomic mass is 32.1. The highest BCUT2D eigenvalue weighted by Gasteiger charge is 2.10. The normalized spacial score (nSPS) is 11.3. The molecule has 0 unspecified atom stereocenters. The summed E-state index contributed by atoms with van der Waals surface area (Å²) in [7, 11) is 0. The number of amides is 1. The molecule has 1 aromatic carbocycles. The van der Waals surface area contributed by atoms with Crippen LogP contribution in [0.15, 0.2) is 52.9 Å². The molecular weight excluding hydrogens is 332 g/mol. The first-order valence-corrected chi connectivity index (χ1v) is 9.01. The Morgan fingerprint density at radius 3 is 2.80 bits per heavy atom. The molecule has 2 N–H and O–H groups in total. The van der Waals surface area contributed by atoms with Crippen molar-refractivity contribution < 1.29 is 4.79 Å². The van der Waals surface area contributed by atoms with Crippen molar-refractivity contribution in [3.63, 3.8) is 0 Å². The molecule has 0 aliphatic rings. The first kappa shape index (κ1) is 17.1. The predicted molar refractivity (Wildman–Crippen MR) is 102 cm³/mol. The third kappa shape index (κ3) is 4.64. The first-order valence-electron chi connectivity index (χ1n) is 8.13. The Bertz CT molecular complexity index is 848. The second kappa shape index (κ2) is 7.90. The highest BCUT2D eigenvalue weighted by Crippen LogP contribution is 2.19. The minimum atomic E-state index is -0.317. The van der Waals surface area contributed by atoms with Crippen LogP contribution in [0.4, 0.5) is 0 Å². The van der Waals surface area contributed by atoms with Crippen LogP contribution in [0.2, 0.25) is 0 Å². The lowest BCUT2D eigenvalue weighted by Gasteiger charge is -2.05. The summed E-state index contributed by atoms with van der Waals surface area (Å²) in [5.41, 5.74) is 5.90. The Morgan fingerprint density at radius 1 is 1.32 bits per heavy atom. The number of hydrogen-bond acceptors (Lipinski definition) is 4. The Hall–Kier alpha value is -2.73. The van der Waals surface area contributed by atoms with Crippen LogP contribution in [0.3, 0.4) is 0 Å². The molecule has 3 rings (SSSR count). The molecule has 1 amide bonds. The number of nitrogens with one attached hydrogen (secondary N) is 2. The van der Waals surface area contributed by atoms with Crippen molar-refractivity contribution in [2.24, 2.45) is 11.0 Å². The van der Waals surface area contributed by atoms with E-state index < -0.39 is 0 Å². The Labute approximate surface area is 150 Å². The van der Waals surface area contributed by atoms with E-state index in [4.69, 9.17) is 0 Å². The van der Waals surface area contributed by atoms with Crippen LogP contribution in [-0.4, -0.2) is 22.3 Å². The van der Waals surface area contributed by atoms with Gasteiger partial charge in [0, 0.05) is 10.4 Å². The van der Waals surface area contributed by atoms with Crippen LogP contribution < -0.4 is 5.43 Å². The summed E-state index contributed by atoms with van der Waals surface area (Å²) in [5, 5.41) is 12.9. The Kier molecular flexibility index (Phi) is 5.40. The summed E-state index contributed by atoms with van der Waals surface area (Å²) in [6.07, 6.45) is 2.67. The van der Waals surface area contributed by atoms with E-state index in [-0.39, 0.29) is 5.91 Å². The number of H-pyrrole nitrogens is 1. The van der Waals surface area contributed by atoms with Crippen molar-refractivity contribution in [2.75, 3.05) is 0 Å². The molecule has 2 aromatic heterocycles. The average Bonchev–Trinajstić information content (AvgIpc) is 3.26. The molecule has 2 heterocycles. The number of thiophene rings is 1. The minimum Gasteiger partial charge on any atom is -0.272 e. The maximum atomic E-state index is 12.1. The van der Waals surface area contributed by atoms with Gasteiger partial charge >= 0.3 is 0 Å². The van der Waals surface area contributed by atoms with Gasteiger partial charge in [-0.1, -0.05) is 44.2 Å². The molecule has 0 saturated carbocycles. The second-order valence-corrected chi connectivity index (χ2v) is 7.16. The largest absolute Gasteiger partial charge is 0.289 e. The van der Waals surface area contributed by atoms with Crippen molar-refractivity contribution in [1.29, 1.82) is 0 Å². The lowest BCUT2D eigenvalue weighted by Crippen LogP contribution is -2.17. The number of hydrogen-bond donors (Lipinski definition) is 2. The van der Waals surface area contributed by atoms with E-state index in [0.717, 1.165) is 22.6 Å². The summed E-state index contributed by atoms with van der Waals surface area (Å²) in [6.45, 7) is 4.40. The van der Waals surface area contributed by atoms with Gasteiger partial charge in [0.2, 0.25) is 0 Å². The van der Waals surface area contributed by atoms with Crippen molar-refractivity contribution >= 4 is 23.5 Å². The molecule has 5 nitrogen and oxygen atoms in total. The van der Waals surface area contributed by atoms with Crippen molar-refractivity contribution in [1.82, 2.24) is 15.6 Å². The van der Waals surface area contributed by atoms with Crippen LogP contribution in [0.1, 0.15) is 34.8 Å². The van der Waals surface area contributed by atoms with E-state index in [9.17, 15) is 4.79 Å². The van der Waals surface area contributed by atoms with E-state index in [2.05, 4.69) is 46.7 Å². The fraction of sp³-hybridized carbons (Fsp3) is 0.211. The SMILES string of the molecule is CC(C)Cc1ccc(-c2cc(C(=O)N/N=C\c3cccs3)[nH]n2)cc1. The van der Waals surface area contributed by atoms with E-state index in [1.165, 1.54) is 5.56 Å². The van der Waals surface area contributed by atoms with E-state index >= 15 is 0 Å². The zero-order valence-electron chi connectivity index (χ0n) is 14.2. The third-order valence-electron chi connectivity index (χ3n) is 3.62. The first-order chi connectivity index (χ1) is 12.1. The maximum absolute atomic E-state index is 12.1. The van der Waals surface area contributed by atoms with Gasteiger partial charge in [0.1, 0.15) is 5.69 Å². The van der Waals surface area contributed by atoms with Gasteiger partial charge in [0.25, 0.3) is 5.91 Å². The van der Waals surface area contributed by atoms with Gasteiger partial charge in [-0.05, 0) is 35.4 Å². The number of nitrogens with zero attached hydrogens (tertiary/aromatic N) is 2. The van der Waals surface area contributed by atoms with Crippen molar-refractivity contribution in [2.45, 2.75) is 20.3 Å². The van der Waals surface area contributed by atoms with Crippen LogP contribution in [0, 0.1) is 5.92 Å². The number of aromatic nitrogens is 2. The Balaban J connectivity index is 1.64. The molecule has 0 bridgehead atoms. The van der Waals surface area contributed by atoms with Crippen molar-refractivity contribution in [3.05, 3.63) is 64.0 Å². The lowest BCUT2D eigenvalue weighted by molar-refractivity contribution is 0.0950. The average molecular weight is 352 g/mol. The zero-order chi connectivity index (χ0) is 17.6. The molecule has 0 radical (unpaired) electrons.